The molecule has 3 aromatic rings. The number of rotatable bonds is 3. The molecule has 144 valence electrons. The molecule has 0 aliphatic carbocycles. The smallest absolute Gasteiger partial charge is 0.337 e. The third kappa shape index (κ3) is 5.35. The fourth-order valence-corrected chi connectivity index (χ4v) is 2.77. The quantitative estimate of drug-likeness (QED) is 0.371. The van der Waals surface area contributed by atoms with Crippen molar-refractivity contribution in [1.82, 2.24) is 4.98 Å². The van der Waals surface area contributed by atoms with Crippen LogP contribution in [0.4, 0.5) is 5.69 Å². The highest BCUT2D eigenvalue weighted by Crippen LogP contribution is 2.19. The number of nitrogens with zero attached hydrogens (tertiary/aromatic N) is 1. The van der Waals surface area contributed by atoms with Gasteiger partial charge in [0.1, 0.15) is 10.8 Å². The molecule has 0 unspecified atom stereocenters. The first kappa shape index (κ1) is 20.4. The highest BCUT2D eigenvalue weighted by atomic mass is 35.5. The van der Waals surface area contributed by atoms with Gasteiger partial charge in [-0.05, 0) is 48.5 Å². The molecule has 1 aromatic heterocycles. The predicted octanol–water partition coefficient (Wildman–Crippen LogP) is 4.83. The standard InChI is InChI=1S/C22H14Cl2N2O3/c1-29-22(28)16-6-2-4-14(12-16)8-9-15-5-3-7-17(13-15)25-21(27)20-18(23)10-11-19(24)26-20/h2-7,10-13H,1H3,(H,25,27). The lowest BCUT2D eigenvalue weighted by molar-refractivity contribution is 0.0600. The van der Waals surface area contributed by atoms with E-state index >= 15 is 0 Å². The Morgan fingerprint density at radius 1 is 0.966 bits per heavy atom. The van der Waals surface area contributed by atoms with Gasteiger partial charge in [-0.3, -0.25) is 4.79 Å². The number of hydrogen-bond acceptors (Lipinski definition) is 4. The second-order valence-corrected chi connectivity index (χ2v) is 6.62. The van der Waals surface area contributed by atoms with Gasteiger partial charge in [-0.25, -0.2) is 9.78 Å². The summed E-state index contributed by atoms with van der Waals surface area (Å²) >= 11 is 11.8. The van der Waals surface area contributed by atoms with E-state index in [1.54, 1.807) is 48.5 Å². The van der Waals surface area contributed by atoms with E-state index in [9.17, 15) is 9.59 Å². The van der Waals surface area contributed by atoms with Crippen molar-refractivity contribution in [2.75, 3.05) is 12.4 Å². The number of anilines is 1. The average molecular weight is 425 g/mol. The predicted molar refractivity (Wildman–Crippen MR) is 112 cm³/mol. The lowest BCUT2D eigenvalue weighted by atomic mass is 10.1. The lowest BCUT2D eigenvalue weighted by Crippen LogP contribution is -2.14. The molecule has 29 heavy (non-hydrogen) atoms. The Hall–Kier alpha value is -3.33. The molecule has 0 saturated heterocycles. The molecule has 0 radical (unpaired) electrons. The van der Waals surface area contributed by atoms with E-state index < -0.39 is 11.9 Å². The number of aromatic nitrogens is 1. The highest BCUT2D eigenvalue weighted by Gasteiger charge is 2.13. The van der Waals surface area contributed by atoms with Crippen molar-refractivity contribution in [2.24, 2.45) is 0 Å². The molecule has 0 fully saturated rings. The van der Waals surface area contributed by atoms with Crippen LogP contribution in [0.2, 0.25) is 10.2 Å². The van der Waals surface area contributed by atoms with E-state index in [-0.39, 0.29) is 15.9 Å². The SMILES string of the molecule is COC(=O)c1cccc(C#Cc2cccc(NC(=O)c3nc(Cl)ccc3Cl)c2)c1. The molecule has 3 rings (SSSR count). The minimum Gasteiger partial charge on any atom is -0.465 e. The average Bonchev–Trinajstić information content (AvgIpc) is 2.73. The minimum absolute atomic E-state index is 0.0373. The number of ether oxygens (including phenoxy) is 1. The first-order valence-electron chi connectivity index (χ1n) is 8.40. The second kappa shape index (κ2) is 9.24. The van der Waals surface area contributed by atoms with Crippen LogP contribution in [0.5, 0.6) is 0 Å². The molecule has 1 amide bonds. The van der Waals surface area contributed by atoms with Crippen LogP contribution < -0.4 is 5.32 Å². The van der Waals surface area contributed by atoms with Crippen LogP contribution in [-0.2, 0) is 4.74 Å². The van der Waals surface area contributed by atoms with Crippen LogP contribution >= 0.6 is 23.2 Å². The molecular formula is C22H14Cl2N2O3. The van der Waals surface area contributed by atoms with Gasteiger partial charge < -0.3 is 10.1 Å². The summed E-state index contributed by atoms with van der Waals surface area (Å²) in [7, 11) is 1.33. The fourth-order valence-electron chi connectivity index (χ4n) is 2.43. The van der Waals surface area contributed by atoms with Crippen molar-refractivity contribution >= 4 is 40.8 Å². The van der Waals surface area contributed by atoms with Gasteiger partial charge in [-0.1, -0.05) is 47.2 Å². The maximum atomic E-state index is 12.4. The Balaban J connectivity index is 1.79. The van der Waals surface area contributed by atoms with Gasteiger partial charge in [-0.15, -0.1) is 0 Å². The van der Waals surface area contributed by atoms with E-state index in [1.165, 1.54) is 19.2 Å². The summed E-state index contributed by atoms with van der Waals surface area (Å²) in [5.41, 5.74) is 2.33. The van der Waals surface area contributed by atoms with Crippen LogP contribution in [0, 0.1) is 11.8 Å². The molecule has 2 aromatic carbocycles. The summed E-state index contributed by atoms with van der Waals surface area (Å²) in [6, 6.07) is 16.8. The van der Waals surface area contributed by atoms with Crippen LogP contribution in [-0.4, -0.2) is 24.0 Å². The number of nitrogens with one attached hydrogen (secondary N) is 1. The fraction of sp³-hybridized carbons (Fsp3) is 0.0455. The molecule has 0 atom stereocenters. The Morgan fingerprint density at radius 3 is 2.38 bits per heavy atom. The third-order valence-electron chi connectivity index (χ3n) is 3.78. The number of halogens is 2. The number of carbonyl (C=O) groups is 2. The van der Waals surface area contributed by atoms with Gasteiger partial charge in [-0.2, -0.15) is 0 Å². The molecule has 0 aliphatic heterocycles. The van der Waals surface area contributed by atoms with Gasteiger partial charge in [0.2, 0.25) is 0 Å². The third-order valence-corrected chi connectivity index (χ3v) is 4.30. The minimum atomic E-state index is -0.478. The zero-order valence-electron chi connectivity index (χ0n) is 15.2. The Kier molecular flexibility index (Phi) is 6.50. The van der Waals surface area contributed by atoms with Crippen molar-refractivity contribution in [2.45, 2.75) is 0 Å². The molecule has 0 spiro atoms. The maximum absolute atomic E-state index is 12.4. The van der Waals surface area contributed by atoms with Gasteiger partial charge >= 0.3 is 5.97 Å². The van der Waals surface area contributed by atoms with Crippen molar-refractivity contribution < 1.29 is 14.3 Å². The van der Waals surface area contributed by atoms with Gasteiger partial charge in [0.05, 0.1) is 17.7 Å². The largest absolute Gasteiger partial charge is 0.465 e. The lowest BCUT2D eigenvalue weighted by Gasteiger charge is -2.06. The number of amides is 1. The van der Waals surface area contributed by atoms with E-state index in [0.29, 0.717) is 22.4 Å². The number of carbonyl (C=O) groups excluding carboxylic acids is 2. The van der Waals surface area contributed by atoms with E-state index in [1.807, 2.05) is 0 Å². The van der Waals surface area contributed by atoms with Crippen molar-refractivity contribution in [3.8, 4) is 11.8 Å². The first-order valence-corrected chi connectivity index (χ1v) is 9.16. The molecule has 7 heteroatoms. The van der Waals surface area contributed by atoms with Gasteiger partial charge in [0.25, 0.3) is 5.91 Å². The summed E-state index contributed by atoms with van der Waals surface area (Å²) in [5, 5.41) is 3.10. The number of esters is 1. The summed E-state index contributed by atoms with van der Waals surface area (Å²) in [5.74, 6) is 5.09. The van der Waals surface area contributed by atoms with E-state index in [2.05, 4.69) is 22.1 Å². The molecule has 5 nitrogen and oxygen atoms in total. The number of hydrogen-bond donors (Lipinski definition) is 1. The van der Waals surface area contributed by atoms with Crippen molar-refractivity contribution in [1.29, 1.82) is 0 Å². The summed E-state index contributed by atoms with van der Waals surface area (Å²) in [6.07, 6.45) is 0. The number of pyridine rings is 1. The van der Waals surface area contributed by atoms with Gasteiger partial charge in [0, 0.05) is 16.8 Å². The van der Waals surface area contributed by atoms with E-state index in [0.717, 1.165) is 0 Å². The second-order valence-electron chi connectivity index (χ2n) is 5.82. The number of methoxy groups -OCH3 is 1. The van der Waals surface area contributed by atoms with Crippen LogP contribution in [0.15, 0.2) is 60.7 Å². The zero-order valence-corrected chi connectivity index (χ0v) is 16.7. The van der Waals surface area contributed by atoms with Gasteiger partial charge in [0.15, 0.2) is 0 Å². The summed E-state index contributed by atoms with van der Waals surface area (Å²) < 4.78 is 4.71. The number of benzene rings is 2. The molecule has 0 aliphatic rings. The molecule has 1 heterocycles. The van der Waals surface area contributed by atoms with Crippen molar-refractivity contribution in [3.63, 3.8) is 0 Å². The van der Waals surface area contributed by atoms with Crippen LogP contribution in [0.1, 0.15) is 32.0 Å². The summed E-state index contributed by atoms with van der Waals surface area (Å²) in [6.45, 7) is 0. The maximum Gasteiger partial charge on any atom is 0.337 e. The first-order chi connectivity index (χ1) is 14.0. The Bertz CT molecular complexity index is 1150. The molecular weight excluding hydrogens is 411 g/mol. The Morgan fingerprint density at radius 2 is 1.66 bits per heavy atom. The Labute approximate surface area is 177 Å². The highest BCUT2D eigenvalue weighted by molar-refractivity contribution is 6.35. The molecule has 0 saturated carbocycles. The van der Waals surface area contributed by atoms with Crippen LogP contribution in [0.25, 0.3) is 0 Å². The van der Waals surface area contributed by atoms with E-state index in [4.69, 9.17) is 27.9 Å². The van der Waals surface area contributed by atoms with Crippen LogP contribution in [0.3, 0.4) is 0 Å². The molecule has 0 bridgehead atoms. The monoisotopic (exact) mass is 424 g/mol. The molecule has 1 N–H and O–H groups in total. The normalized spacial score (nSPS) is 9.90. The summed E-state index contributed by atoms with van der Waals surface area (Å²) in [4.78, 5) is 28.0. The van der Waals surface area contributed by atoms with Crippen molar-refractivity contribution in [3.05, 3.63) is 93.2 Å². The topological polar surface area (TPSA) is 68.3 Å². The zero-order chi connectivity index (χ0) is 20.8.